The third-order valence-corrected chi connectivity index (χ3v) is 7.02. The Kier molecular flexibility index (Phi) is 4.09. The van der Waals surface area contributed by atoms with Crippen molar-refractivity contribution < 1.29 is 8.42 Å². The zero-order valence-electron chi connectivity index (χ0n) is 14.1. The molecule has 25 heavy (non-hydrogen) atoms. The molecule has 1 aromatic carbocycles. The summed E-state index contributed by atoms with van der Waals surface area (Å²) in [6.45, 7) is 5.99. The highest BCUT2D eigenvalue weighted by Crippen LogP contribution is 2.33. The molecule has 4 rings (SSSR count). The highest BCUT2D eigenvalue weighted by Gasteiger charge is 2.40. The number of benzene rings is 1. The molecule has 3 aromatic rings. The fourth-order valence-electron chi connectivity index (χ4n) is 3.25. The molecule has 0 radical (unpaired) electrons. The van der Waals surface area contributed by atoms with Gasteiger partial charge in [-0.15, -0.1) is 0 Å². The maximum absolute atomic E-state index is 13.0. The number of rotatable bonds is 5. The predicted molar refractivity (Wildman–Crippen MR) is 96.2 cm³/mol. The van der Waals surface area contributed by atoms with Crippen LogP contribution in [0.15, 0.2) is 29.3 Å². The quantitative estimate of drug-likeness (QED) is 0.682. The van der Waals surface area contributed by atoms with Gasteiger partial charge in [0.2, 0.25) is 10.0 Å². The van der Waals surface area contributed by atoms with Crippen LogP contribution in [0.3, 0.4) is 0 Å². The van der Waals surface area contributed by atoms with Gasteiger partial charge in [-0.05, 0) is 25.5 Å². The number of imidazole rings is 1. The number of nitrogens with zero attached hydrogens (tertiary/aromatic N) is 5. The van der Waals surface area contributed by atoms with Crippen molar-refractivity contribution in [2.24, 2.45) is 0 Å². The van der Waals surface area contributed by atoms with Crippen molar-refractivity contribution in [1.29, 1.82) is 0 Å². The third-order valence-electron chi connectivity index (χ3n) is 4.61. The van der Waals surface area contributed by atoms with Gasteiger partial charge in [0.15, 0.2) is 0 Å². The predicted octanol–water partition coefficient (Wildman–Crippen LogP) is 2.39. The number of fused-ring (bicyclic) bond motifs is 1. The lowest BCUT2D eigenvalue weighted by molar-refractivity contribution is 0.251. The van der Waals surface area contributed by atoms with E-state index in [-0.39, 0.29) is 10.8 Å². The summed E-state index contributed by atoms with van der Waals surface area (Å²) in [4.78, 5) is 4.75. The van der Waals surface area contributed by atoms with Gasteiger partial charge in [0, 0.05) is 37.4 Å². The van der Waals surface area contributed by atoms with Crippen LogP contribution in [-0.4, -0.2) is 44.1 Å². The van der Waals surface area contributed by atoms with Crippen LogP contribution in [0.1, 0.15) is 30.8 Å². The van der Waals surface area contributed by atoms with Crippen LogP contribution in [0.5, 0.6) is 0 Å². The summed E-state index contributed by atoms with van der Waals surface area (Å²) >= 11 is 1.03. The normalized spacial score (nSPS) is 16.4. The minimum absolute atomic E-state index is 0.141. The van der Waals surface area contributed by atoms with Gasteiger partial charge >= 0.3 is 0 Å². The van der Waals surface area contributed by atoms with Crippen molar-refractivity contribution in [2.45, 2.75) is 37.6 Å². The van der Waals surface area contributed by atoms with Crippen molar-refractivity contribution in [3.05, 3.63) is 35.9 Å². The van der Waals surface area contributed by atoms with Gasteiger partial charge in [0.1, 0.15) is 21.8 Å². The molecule has 0 spiro atoms. The minimum Gasteiger partial charge on any atom is -0.332 e. The Morgan fingerprint density at radius 3 is 2.84 bits per heavy atom. The van der Waals surface area contributed by atoms with E-state index in [4.69, 9.17) is 0 Å². The molecule has 3 heterocycles. The number of hydrogen-bond acceptors (Lipinski definition) is 6. The van der Waals surface area contributed by atoms with Crippen LogP contribution >= 0.6 is 11.7 Å². The second-order valence-electron chi connectivity index (χ2n) is 6.32. The second kappa shape index (κ2) is 6.15. The first-order valence-corrected chi connectivity index (χ1v) is 10.4. The Bertz CT molecular complexity index is 1020. The molecule has 0 N–H and O–H groups in total. The summed E-state index contributed by atoms with van der Waals surface area (Å²) < 4.78 is 37.9. The van der Waals surface area contributed by atoms with Crippen molar-refractivity contribution in [1.82, 2.24) is 22.6 Å². The van der Waals surface area contributed by atoms with E-state index in [0.717, 1.165) is 36.2 Å². The van der Waals surface area contributed by atoms with Crippen LogP contribution in [0.25, 0.3) is 11.0 Å². The summed E-state index contributed by atoms with van der Waals surface area (Å²) in [7, 11) is -3.56. The number of aromatic nitrogens is 4. The molecule has 1 aliphatic heterocycles. The van der Waals surface area contributed by atoms with E-state index in [1.54, 1.807) is 18.2 Å². The fourth-order valence-corrected chi connectivity index (χ4v) is 5.53. The zero-order valence-corrected chi connectivity index (χ0v) is 15.7. The highest BCUT2D eigenvalue weighted by atomic mass is 32.2. The first-order valence-electron chi connectivity index (χ1n) is 8.26. The first kappa shape index (κ1) is 16.6. The smallest absolute Gasteiger partial charge is 0.245 e. The molecule has 132 valence electrons. The van der Waals surface area contributed by atoms with Crippen molar-refractivity contribution in [3.8, 4) is 0 Å². The van der Waals surface area contributed by atoms with Gasteiger partial charge in [0.05, 0.1) is 11.7 Å². The van der Waals surface area contributed by atoms with Crippen LogP contribution in [0.4, 0.5) is 0 Å². The molecule has 9 heteroatoms. The molecule has 2 aromatic heterocycles. The van der Waals surface area contributed by atoms with Gasteiger partial charge < -0.3 is 4.57 Å². The van der Waals surface area contributed by atoms with E-state index in [1.165, 1.54) is 4.31 Å². The van der Waals surface area contributed by atoms with Crippen LogP contribution < -0.4 is 0 Å². The molecule has 0 amide bonds. The van der Waals surface area contributed by atoms with Crippen LogP contribution in [0.2, 0.25) is 0 Å². The number of hydrogen-bond donors (Lipinski definition) is 0. The fraction of sp³-hybridized carbons (Fsp3) is 0.438. The van der Waals surface area contributed by atoms with Crippen LogP contribution in [0, 0.1) is 6.92 Å². The van der Waals surface area contributed by atoms with Crippen molar-refractivity contribution in [2.75, 3.05) is 13.1 Å². The van der Waals surface area contributed by atoms with Crippen molar-refractivity contribution in [3.63, 3.8) is 0 Å². The van der Waals surface area contributed by atoms with Gasteiger partial charge in [-0.1, -0.05) is 13.0 Å². The molecule has 0 bridgehead atoms. The zero-order chi connectivity index (χ0) is 17.6. The Morgan fingerprint density at radius 1 is 1.28 bits per heavy atom. The van der Waals surface area contributed by atoms with Crippen LogP contribution in [-0.2, 0) is 16.6 Å². The summed E-state index contributed by atoms with van der Waals surface area (Å²) in [5, 5.41) is 0. The largest absolute Gasteiger partial charge is 0.332 e. The summed E-state index contributed by atoms with van der Waals surface area (Å²) in [6.07, 6.45) is 2.89. The van der Waals surface area contributed by atoms with Gasteiger partial charge in [-0.3, -0.25) is 0 Å². The lowest BCUT2D eigenvalue weighted by Gasteiger charge is -2.37. The van der Waals surface area contributed by atoms with Gasteiger partial charge in [-0.2, -0.15) is 13.1 Å². The SMILES string of the molecule is CCCn1c(C)cnc1C1CN(S(=O)(=O)c2cccc3nsnc23)C1. The van der Waals surface area contributed by atoms with E-state index in [2.05, 4.69) is 25.2 Å². The average Bonchev–Trinajstić information content (AvgIpc) is 3.14. The molecule has 7 nitrogen and oxygen atoms in total. The topological polar surface area (TPSA) is 81.0 Å². The molecular formula is C16H19N5O2S2. The molecule has 0 aliphatic carbocycles. The monoisotopic (exact) mass is 377 g/mol. The molecule has 1 fully saturated rings. The summed E-state index contributed by atoms with van der Waals surface area (Å²) in [5.74, 6) is 1.13. The Labute approximate surface area is 150 Å². The maximum atomic E-state index is 13.0. The lowest BCUT2D eigenvalue weighted by atomic mass is 10.0. The van der Waals surface area contributed by atoms with E-state index < -0.39 is 10.0 Å². The van der Waals surface area contributed by atoms with E-state index in [0.29, 0.717) is 24.1 Å². The summed E-state index contributed by atoms with van der Waals surface area (Å²) in [6, 6.07) is 5.10. The first-order chi connectivity index (χ1) is 12.0. The average molecular weight is 377 g/mol. The van der Waals surface area contributed by atoms with Crippen molar-refractivity contribution >= 4 is 32.8 Å². The Balaban J connectivity index is 1.59. The molecule has 0 saturated carbocycles. The standard InChI is InChI=1S/C16H19N5O2S2/c1-3-7-21-11(2)8-17-16(21)12-9-20(10-12)25(22,23)14-6-4-5-13-15(14)19-24-18-13/h4-6,8,12H,3,7,9-10H2,1-2H3. The Morgan fingerprint density at radius 2 is 2.08 bits per heavy atom. The molecule has 1 saturated heterocycles. The molecule has 0 atom stereocenters. The molecule has 1 aliphatic rings. The maximum Gasteiger partial charge on any atom is 0.245 e. The van der Waals surface area contributed by atoms with E-state index in [9.17, 15) is 8.42 Å². The van der Waals surface area contributed by atoms with E-state index in [1.807, 2.05) is 13.1 Å². The third kappa shape index (κ3) is 2.66. The second-order valence-corrected chi connectivity index (χ2v) is 8.75. The highest BCUT2D eigenvalue weighted by molar-refractivity contribution is 7.89. The number of aryl methyl sites for hydroxylation is 1. The van der Waals surface area contributed by atoms with Gasteiger partial charge in [0.25, 0.3) is 0 Å². The van der Waals surface area contributed by atoms with Gasteiger partial charge in [-0.25, -0.2) is 13.4 Å². The summed E-state index contributed by atoms with van der Waals surface area (Å²) in [5.41, 5.74) is 2.20. The lowest BCUT2D eigenvalue weighted by Crippen LogP contribution is -2.49. The molecular weight excluding hydrogens is 358 g/mol. The Hall–Kier alpha value is -1.84. The molecule has 0 unspecified atom stereocenters. The minimum atomic E-state index is -3.56. The van der Waals surface area contributed by atoms with E-state index >= 15 is 0 Å². The number of sulfonamides is 1.